The molecule has 3 heteroatoms. The van der Waals surface area contributed by atoms with Crippen LogP contribution in [0.2, 0.25) is 0 Å². The van der Waals surface area contributed by atoms with Crippen molar-refractivity contribution in [2.45, 2.75) is 6.92 Å². The van der Waals surface area contributed by atoms with Gasteiger partial charge < -0.3 is 5.73 Å². The molecule has 18 heavy (non-hydrogen) atoms. The zero-order chi connectivity index (χ0) is 13.1. The van der Waals surface area contributed by atoms with Crippen molar-refractivity contribution < 1.29 is 9.59 Å². The summed E-state index contributed by atoms with van der Waals surface area (Å²) in [6, 6.07) is 12.8. The number of nitrogens with two attached hydrogens (primary N) is 1. The van der Waals surface area contributed by atoms with Crippen molar-refractivity contribution in [3.05, 3.63) is 59.2 Å². The van der Waals surface area contributed by atoms with Crippen molar-refractivity contribution >= 4 is 12.2 Å². The maximum Gasteiger partial charge on any atom is 0.248 e. The van der Waals surface area contributed by atoms with Crippen LogP contribution >= 0.6 is 0 Å². The Kier molecular flexibility index (Phi) is 3.24. The normalized spacial score (nSPS) is 10.1. The Morgan fingerprint density at radius 2 is 1.67 bits per heavy atom. The van der Waals surface area contributed by atoms with E-state index in [0.29, 0.717) is 11.1 Å². The summed E-state index contributed by atoms with van der Waals surface area (Å²) in [5, 5.41) is 0. The molecule has 2 N–H and O–H groups in total. The number of rotatable bonds is 3. The third-order valence-corrected chi connectivity index (χ3v) is 2.87. The Hall–Kier alpha value is -2.42. The molecule has 0 bridgehead atoms. The van der Waals surface area contributed by atoms with Gasteiger partial charge in [0.25, 0.3) is 0 Å². The number of carbonyl (C=O) groups is 2. The lowest BCUT2D eigenvalue weighted by Gasteiger charge is -2.06. The Labute approximate surface area is 105 Å². The maximum atomic E-state index is 11.1. The highest BCUT2D eigenvalue weighted by molar-refractivity contribution is 5.95. The molecule has 0 saturated heterocycles. The van der Waals surface area contributed by atoms with Crippen LogP contribution in [0.25, 0.3) is 11.1 Å². The van der Waals surface area contributed by atoms with Gasteiger partial charge in [0.1, 0.15) is 6.29 Å². The molecule has 0 atom stereocenters. The van der Waals surface area contributed by atoms with E-state index in [4.69, 9.17) is 5.73 Å². The second kappa shape index (κ2) is 4.84. The Morgan fingerprint density at radius 1 is 1.06 bits per heavy atom. The van der Waals surface area contributed by atoms with Crippen LogP contribution in [0.4, 0.5) is 0 Å². The molecule has 90 valence electrons. The van der Waals surface area contributed by atoms with Crippen molar-refractivity contribution in [3.63, 3.8) is 0 Å². The standard InChI is InChI=1S/C15H13NO2/c1-10-8-13(6-7-14(10)15(16)18)12-4-2-11(9-17)3-5-12/h2-9H,1H3,(H2,16,18). The van der Waals surface area contributed by atoms with Crippen molar-refractivity contribution in [1.82, 2.24) is 0 Å². The number of amides is 1. The summed E-state index contributed by atoms with van der Waals surface area (Å²) >= 11 is 0. The van der Waals surface area contributed by atoms with Crippen LogP contribution in [-0.2, 0) is 0 Å². The number of aryl methyl sites for hydroxylation is 1. The quantitative estimate of drug-likeness (QED) is 0.837. The van der Waals surface area contributed by atoms with Gasteiger partial charge in [-0.2, -0.15) is 0 Å². The molecule has 2 rings (SSSR count). The van der Waals surface area contributed by atoms with E-state index in [2.05, 4.69) is 0 Å². The van der Waals surface area contributed by atoms with Gasteiger partial charge in [-0.05, 0) is 29.7 Å². The van der Waals surface area contributed by atoms with Crippen LogP contribution in [0.3, 0.4) is 0 Å². The van der Waals surface area contributed by atoms with Gasteiger partial charge in [0.2, 0.25) is 5.91 Å². The summed E-state index contributed by atoms with van der Waals surface area (Å²) in [5.74, 6) is -0.421. The van der Waals surface area contributed by atoms with Crippen LogP contribution in [0, 0.1) is 6.92 Å². The lowest BCUT2D eigenvalue weighted by atomic mass is 9.99. The molecule has 0 unspecified atom stereocenters. The number of primary amides is 1. The maximum absolute atomic E-state index is 11.1. The van der Waals surface area contributed by atoms with E-state index in [-0.39, 0.29) is 0 Å². The van der Waals surface area contributed by atoms with Gasteiger partial charge >= 0.3 is 0 Å². The van der Waals surface area contributed by atoms with Gasteiger partial charge in [0, 0.05) is 11.1 Å². The van der Waals surface area contributed by atoms with Crippen LogP contribution in [0.1, 0.15) is 26.3 Å². The number of aldehydes is 1. The molecule has 0 aliphatic rings. The van der Waals surface area contributed by atoms with Gasteiger partial charge in [-0.3, -0.25) is 9.59 Å². The molecule has 0 aliphatic carbocycles. The smallest absolute Gasteiger partial charge is 0.248 e. The summed E-state index contributed by atoms with van der Waals surface area (Å²) in [6.07, 6.45) is 0.811. The second-order valence-electron chi connectivity index (χ2n) is 4.13. The molecule has 1 amide bonds. The van der Waals surface area contributed by atoms with Gasteiger partial charge in [0.05, 0.1) is 0 Å². The molecule has 0 heterocycles. The van der Waals surface area contributed by atoms with Gasteiger partial charge in [-0.15, -0.1) is 0 Å². The predicted molar refractivity (Wildman–Crippen MR) is 70.5 cm³/mol. The summed E-state index contributed by atoms with van der Waals surface area (Å²) in [6.45, 7) is 1.85. The molecule has 0 radical (unpaired) electrons. The van der Waals surface area contributed by atoms with E-state index >= 15 is 0 Å². The monoisotopic (exact) mass is 239 g/mol. The van der Waals surface area contributed by atoms with Crippen molar-refractivity contribution in [2.24, 2.45) is 5.73 Å². The first kappa shape index (κ1) is 12.0. The van der Waals surface area contributed by atoms with E-state index in [0.717, 1.165) is 23.0 Å². The highest BCUT2D eigenvalue weighted by Crippen LogP contribution is 2.22. The molecule has 0 saturated carbocycles. The number of benzene rings is 2. The molecule has 3 nitrogen and oxygen atoms in total. The molecule has 0 spiro atoms. The third kappa shape index (κ3) is 2.30. The first-order valence-electron chi connectivity index (χ1n) is 5.58. The largest absolute Gasteiger partial charge is 0.366 e. The van der Waals surface area contributed by atoms with E-state index in [1.54, 1.807) is 18.2 Å². The van der Waals surface area contributed by atoms with Crippen molar-refractivity contribution in [2.75, 3.05) is 0 Å². The average molecular weight is 239 g/mol. The van der Waals surface area contributed by atoms with E-state index in [1.165, 1.54) is 0 Å². The van der Waals surface area contributed by atoms with Gasteiger partial charge in [0.15, 0.2) is 0 Å². The number of hydrogen-bond donors (Lipinski definition) is 1. The lowest BCUT2D eigenvalue weighted by molar-refractivity contribution is 0.0999. The summed E-state index contributed by atoms with van der Waals surface area (Å²) in [5.41, 5.74) is 9.28. The summed E-state index contributed by atoms with van der Waals surface area (Å²) < 4.78 is 0. The van der Waals surface area contributed by atoms with Crippen LogP contribution in [0.5, 0.6) is 0 Å². The summed E-state index contributed by atoms with van der Waals surface area (Å²) in [7, 11) is 0. The van der Waals surface area contributed by atoms with E-state index in [9.17, 15) is 9.59 Å². The van der Waals surface area contributed by atoms with Crippen molar-refractivity contribution in [1.29, 1.82) is 0 Å². The minimum Gasteiger partial charge on any atom is -0.366 e. The molecule has 2 aromatic rings. The highest BCUT2D eigenvalue weighted by Gasteiger charge is 2.06. The third-order valence-electron chi connectivity index (χ3n) is 2.87. The second-order valence-corrected chi connectivity index (χ2v) is 4.13. The topological polar surface area (TPSA) is 60.2 Å². The first-order chi connectivity index (χ1) is 8.61. The fraction of sp³-hybridized carbons (Fsp3) is 0.0667. The molecular weight excluding hydrogens is 226 g/mol. The summed E-state index contributed by atoms with van der Waals surface area (Å²) in [4.78, 5) is 21.7. The number of carbonyl (C=O) groups excluding carboxylic acids is 2. The van der Waals surface area contributed by atoms with E-state index < -0.39 is 5.91 Å². The SMILES string of the molecule is Cc1cc(-c2ccc(C=O)cc2)ccc1C(N)=O. The van der Waals surface area contributed by atoms with Gasteiger partial charge in [-0.25, -0.2) is 0 Å². The van der Waals surface area contributed by atoms with Crippen LogP contribution < -0.4 is 5.73 Å². The molecule has 0 aromatic heterocycles. The Morgan fingerprint density at radius 3 is 2.17 bits per heavy atom. The lowest BCUT2D eigenvalue weighted by Crippen LogP contribution is -2.12. The minimum absolute atomic E-state index is 0.421. The molecule has 0 aliphatic heterocycles. The fourth-order valence-electron chi connectivity index (χ4n) is 1.87. The Balaban J connectivity index is 2.41. The number of hydrogen-bond acceptors (Lipinski definition) is 2. The average Bonchev–Trinajstić information content (AvgIpc) is 2.38. The Bertz CT molecular complexity index is 600. The molecular formula is C15H13NO2. The zero-order valence-electron chi connectivity index (χ0n) is 10.0. The molecule has 2 aromatic carbocycles. The van der Waals surface area contributed by atoms with Gasteiger partial charge in [-0.1, -0.05) is 36.4 Å². The minimum atomic E-state index is -0.421. The van der Waals surface area contributed by atoms with Crippen LogP contribution in [-0.4, -0.2) is 12.2 Å². The zero-order valence-corrected chi connectivity index (χ0v) is 10.0. The first-order valence-corrected chi connectivity index (χ1v) is 5.58. The van der Waals surface area contributed by atoms with Crippen LogP contribution in [0.15, 0.2) is 42.5 Å². The fourth-order valence-corrected chi connectivity index (χ4v) is 1.87. The van der Waals surface area contributed by atoms with Crippen molar-refractivity contribution in [3.8, 4) is 11.1 Å². The van der Waals surface area contributed by atoms with E-state index in [1.807, 2.05) is 31.2 Å². The molecule has 0 fully saturated rings. The highest BCUT2D eigenvalue weighted by atomic mass is 16.1. The predicted octanol–water partition coefficient (Wildman–Crippen LogP) is 2.57.